The van der Waals surface area contributed by atoms with Crippen LogP contribution in [0.4, 0.5) is 0 Å². The van der Waals surface area contributed by atoms with Crippen molar-refractivity contribution in [3.63, 3.8) is 0 Å². The summed E-state index contributed by atoms with van der Waals surface area (Å²) >= 11 is 0. The van der Waals surface area contributed by atoms with Gasteiger partial charge in [-0.25, -0.2) is 0 Å². The second-order valence-electron chi connectivity index (χ2n) is 6.69. The van der Waals surface area contributed by atoms with Gasteiger partial charge in [-0.15, -0.1) is 0 Å². The molecule has 2 aromatic carbocycles. The molecule has 0 N–H and O–H groups in total. The van der Waals surface area contributed by atoms with Gasteiger partial charge in [-0.2, -0.15) is 0 Å². The number of fused-ring (bicyclic) bond motifs is 3. The lowest BCUT2D eigenvalue weighted by Crippen LogP contribution is -2.18. The van der Waals surface area contributed by atoms with Gasteiger partial charge in [-0.05, 0) is 67.5 Å². The molecule has 0 spiro atoms. The summed E-state index contributed by atoms with van der Waals surface area (Å²) in [5.41, 5.74) is 8.79. The van der Waals surface area contributed by atoms with Crippen molar-refractivity contribution < 1.29 is 0 Å². The quantitative estimate of drug-likeness (QED) is 0.707. The monoisotopic (exact) mass is 294 g/mol. The molecule has 0 aromatic heterocycles. The van der Waals surface area contributed by atoms with Crippen LogP contribution in [-0.2, 0) is 19.5 Å². The SMILES string of the molecule is CCN(C)Cc1cc2c(c(CN(C)C)c1)-c1ccccc1C2. The average molecular weight is 294 g/mol. The van der Waals surface area contributed by atoms with Crippen LogP contribution in [0.25, 0.3) is 11.1 Å². The van der Waals surface area contributed by atoms with Gasteiger partial charge < -0.3 is 9.80 Å². The molecule has 0 saturated heterocycles. The molecule has 0 saturated carbocycles. The first-order valence-electron chi connectivity index (χ1n) is 8.14. The van der Waals surface area contributed by atoms with Crippen LogP contribution < -0.4 is 0 Å². The fourth-order valence-electron chi connectivity index (χ4n) is 3.43. The van der Waals surface area contributed by atoms with Crippen LogP contribution in [0, 0.1) is 0 Å². The Morgan fingerprint density at radius 1 is 0.955 bits per heavy atom. The summed E-state index contributed by atoms with van der Waals surface area (Å²) in [7, 11) is 6.49. The number of hydrogen-bond acceptors (Lipinski definition) is 2. The lowest BCUT2D eigenvalue weighted by molar-refractivity contribution is 0.345. The topological polar surface area (TPSA) is 6.48 Å². The average Bonchev–Trinajstić information content (AvgIpc) is 2.84. The van der Waals surface area contributed by atoms with Crippen LogP contribution in [0.2, 0.25) is 0 Å². The third-order valence-corrected chi connectivity index (χ3v) is 4.51. The number of rotatable bonds is 5. The molecule has 0 atom stereocenters. The minimum Gasteiger partial charge on any atom is -0.305 e. The predicted octanol–water partition coefficient (Wildman–Crippen LogP) is 3.77. The molecule has 0 bridgehead atoms. The maximum atomic E-state index is 2.42. The van der Waals surface area contributed by atoms with Crippen molar-refractivity contribution in [2.45, 2.75) is 26.4 Å². The Hall–Kier alpha value is -1.64. The minimum absolute atomic E-state index is 1.00. The molecule has 116 valence electrons. The standard InChI is InChI=1S/C20H26N2/c1-5-22(4)13-15-10-17-12-16-8-6-7-9-19(16)20(17)18(11-15)14-21(2)3/h6-11H,5,12-14H2,1-4H3. The van der Waals surface area contributed by atoms with Crippen LogP contribution in [0.5, 0.6) is 0 Å². The molecule has 2 nitrogen and oxygen atoms in total. The summed E-state index contributed by atoms with van der Waals surface area (Å²) in [6.45, 7) is 5.32. The molecule has 0 fully saturated rings. The fraction of sp³-hybridized carbons (Fsp3) is 0.400. The Balaban J connectivity index is 2.06. The normalized spacial score (nSPS) is 12.8. The van der Waals surface area contributed by atoms with E-state index >= 15 is 0 Å². The van der Waals surface area contributed by atoms with Crippen LogP contribution in [-0.4, -0.2) is 37.5 Å². The Morgan fingerprint density at radius 3 is 2.45 bits per heavy atom. The van der Waals surface area contributed by atoms with Gasteiger partial charge in [0.2, 0.25) is 0 Å². The molecule has 1 aliphatic rings. The first kappa shape index (κ1) is 15.3. The van der Waals surface area contributed by atoms with Crippen molar-refractivity contribution in [3.8, 4) is 11.1 Å². The van der Waals surface area contributed by atoms with Crippen LogP contribution in [0.1, 0.15) is 29.2 Å². The predicted molar refractivity (Wildman–Crippen MR) is 94.1 cm³/mol. The van der Waals surface area contributed by atoms with Gasteiger partial charge in [0.25, 0.3) is 0 Å². The Labute approximate surface area is 134 Å². The van der Waals surface area contributed by atoms with E-state index in [4.69, 9.17) is 0 Å². The molecule has 0 radical (unpaired) electrons. The summed E-state index contributed by atoms with van der Waals surface area (Å²) in [6, 6.07) is 13.7. The molecule has 2 aromatic rings. The smallest absolute Gasteiger partial charge is 0.0234 e. The maximum Gasteiger partial charge on any atom is 0.0234 e. The van der Waals surface area contributed by atoms with Crippen molar-refractivity contribution in [3.05, 3.63) is 58.7 Å². The molecule has 3 rings (SSSR count). The Bertz CT molecular complexity index is 673. The van der Waals surface area contributed by atoms with Gasteiger partial charge in [-0.3, -0.25) is 0 Å². The van der Waals surface area contributed by atoms with Crippen molar-refractivity contribution in [2.24, 2.45) is 0 Å². The summed E-state index contributed by atoms with van der Waals surface area (Å²) < 4.78 is 0. The lowest BCUT2D eigenvalue weighted by Gasteiger charge is -2.19. The van der Waals surface area contributed by atoms with E-state index in [2.05, 4.69) is 74.3 Å². The van der Waals surface area contributed by atoms with E-state index in [9.17, 15) is 0 Å². The van der Waals surface area contributed by atoms with Crippen molar-refractivity contribution in [2.75, 3.05) is 27.7 Å². The van der Waals surface area contributed by atoms with Gasteiger partial charge in [0.05, 0.1) is 0 Å². The molecule has 0 heterocycles. The van der Waals surface area contributed by atoms with E-state index in [1.807, 2.05) is 0 Å². The van der Waals surface area contributed by atoms with Crippen LogP contribution >= 0.6 is 0 Å². The summed E-state index contributed by atoms with van der Waals surface area (Å²) in [4.78, 5) is 4.63. The van der Waals surface area contributed by atoms with Crippen molar-refractivity contribution in [1.82, 2.24) is 9.80 Å². The Kier molecular flexibility index (Phi) is 4.32. The third-order valence-electron chi connectivity index (χ3n) is 4.51. The van der Waals surface area contributed by atoms with E-state index < -0.39 is 0 Å². The number of nitrogens with zero attached hydrogens (tertiary/aromatic N) is 2. The number of benzene rings is 2. The maximum absolute atomic E-state index is 2.42. The van der Waals surface area contributed by atoms with Crippen molar-refractivity contribution in [1.29, 1.82) is 0 Å². The van der Waals surface area contributed by atoms with Crippen LogP contribution in [0.15, 0.2) is 36.4 Å². The molecular weight excluding hydrogens is 268 g/mol. The highest BCUT2D eigenvalue weighted by Crippen LogP contribution is 2.40. The van der Waals surface area contributed by atoms with Crippen LogP contribution in [0.3, 0.4) is 0 Å². The molecule has 1 aliphatic carbocycles. The summed E-state index contributed by atoms with van der Waals surface area (Å²) in [5, 5.41) is 0. The fourth-order valence-corrected chi connectivity index (χ4v) is 3.43. The highest BCUT2D eigenvalue weighted by Gasteiger charge is 2.22. The van der Waals surface area contributed by atoms with E-state index in [0.29, 0.717) is 0 Å². The van der Waals surface area contributed by atoms with Gasteiger partial charge in [0.1, 0.15) is 0 Å². The second-order valence-corrected chi connectivity index (χ2v) is 6.69. The van der Waals surface area contributed by atoms with Gasteiger partial charge in [0, 0.05) is 13.1 Å². The summed E-state index contributed by atoms with van der Waals surface area (Å²) in [6.07, 6.45) is 1.08. The molecule has 2 heteroatoms. The van der Waals surface area contributed by atoms with Gasteiger partial charge in [-0.1, -0.05) is 43.3 Å². The zero-order chi connectivity index (χ0) is 15.7. The van der Waals surface area contributed by atoms with E-state index in [1.165, 1.54) is 33.4 Å². The van der Waals surface area contributed by atoms with E-state index in [-0.39, 0.29) is 0 Å². The highest BCUT2D eigenvalue weighted by atomic mass is 15.1. The van der Waals surface area contributed by atoms with E-state index in [1.54, 1.807) is 0 Å². The summed E-state index contributed by atoms with van der Waals surface area (Å²) in [5.74, 6) is 0. The van der Waals surface area contributed by atoms with E-state index in [0.717, 1.165) is 26.1 Å². The highest BCUT2D eigenvalue weighted by molar-refractivity contribution is 5.79. The van der Waals surface area contributed by atoms with Crippen molar-refractivity contribution >= 4 is 0 Å². The Morgan fingerprint density at radius 2 is 1.73 bits per heavy atom. The first-order valence-corrected chi connectivity index (χ1v) is 8.14. The number of hydrogen-bond donors (Lipinski definition) is 0. The van der Waals surface area contributed by atoms with Gasteiger partial charge >= 0.3 is 0 Å². The minimum atomic E-state index is 1.00. The first-order chi connectivity index (χ1) is 10.6. The zero-order valence-corrected chi connectivity index (χ0v) is 14.2. The second kappa shape index (κ2) is 6.23. The zero-order valence-electron chi connectivity index (χ0n) is 14.2. The molecule has 0 unspecified atom stereocenters. The molecular formula is C20H26N2. The molecule has 0 amide bonds. The molecule has 22 heavy (non-hydrogen) atoms. The third kappa shape index (κ3) is 2.94. The lowest BCUT2D eigenvalue weighted by atomic mass is 9.96. The van der Waals surface area contributed by atoms with Gasteiger partial charge in [0.15, 0.2) is 0 Å². The molecule has 0 aliphatic heterocycles. The largest absolute Gasteiger partial charge is 0.305 e.